The molecule has 0 saturated carbocycles. The molecule has 0 aliphatic rings. The summed E-state index contributed by atoms with van der Waals surface area (Å²) < 4.78 is 0. The van der Waals surface area contributed by atoms with Crippen molar-refractivity contribution in [2.45, 2.75) is 0 Å². The zero-order valence-corrected chi connectivity index (χ0v) is 11.4. The Hall–Kier alpha value is 3.04. The fourth-order valence-electron chi connectivity index (χ4n) is 0. The SMILES string of the molecule is [Ag].[Ga]=[Te].[In]. The van der Waals surface area contributed by atoms with E-state index in [1.807, 2.05) is 18.8 Å². The molecule has 0 N–H and O–H groups in total. The topological polar surface area (TPSA) is 0 Å². The van der Waals surface area contributed by atoms with Gasteiger partial charge in [0.25, 0.3) is 0 Å². The maximum Gasteiger partial charge on any atom is 0 e. The summed E-state index contributed by atoms with van der Waals surface area (Å²) in [4.78, 5) is 0. The van der Waals surface area contributed by atoms with Crippen LogP contribution in [0.4, 0.5) is 0 Å². The van der Waals surface area contributed by atoms with Crippen LogP contribution >= 0.6 is 0 Å². The molecule has 0 spiro atoms. The quantitative estimate of drug-likeness (QED) is 0.435. The van der Waals surface area contributed by atoms with Crippen LogP contribution in [-0.4, -0.2) is 59.2 Å². The molecule has 0 aromatic heterocycles. The van der Waals surface area contributed by atoms with Gasteiger partial charge < -0.3 is 0 Å². The average molecular weight is 420 g/mol. The standard InChI is InChI=1S/Ag.Ga.In.Te. The summed E-state index contributed by atoms with van der Waals surface area (Å²) in [5.41, 5.74) is 0. The van der Waals surface area contributed by atoms with Crippen molar-refractivity contribution in [3.63, 3.8) is 0 Å². The first-order valence-electron chi connectivity index (χ1n) is 0.236. The monoisotopic (exact) mass is 421 g/mol. The molecule has 0 aromatic rings. The van der Waals surface area contributed by atoms with Gasteiger partial charge >= 0.3 is 33.3 Å². The van der Waals surface area contributed by atoms with Crippen LogP contribution in [0.15, 0.2) is 0 Å². The predicted octanol–water partition coefficient (Wildman–Crippen LogP) is -1.14. The summed E-state index contributed by atoms with van der Waals surface area (Å²) in [6.45, 7) is 0. The van der Waals surface area contributed by atoms with Crippen LogP contribution in [0.25, 0.3) is 0 Å². The molecule has 0 saturated heterocycles. The number of hydrogen-bond acceptors (Lipinski definition) is 0. The second-order valence-corrected chi connectivity index (χ2v) is 0. The van der Waals surface area contributed by atoms with E-state index in [9.17, 15) is 0 Å². The minimum atomic E-state index is 0. The molecule has 0 aliphatic carbocycles. The van der Waals surface area contributed by atoms with Crippen molar-refractivity contribution in [2.24, 2.45) is 0 Å². The van der Waals surface area contributed by atoms with E-state index in [1.165, 1.54) is 0 Å². The number of rotatable bonds is 0. The normalized spacial score (nSPS) is 0.750. The van der Waals surface area contributed by atoms with Crippen molar-refractivity contribution in [2.75, 3.05) is 0 Å². The summed E-state index contributed by atoms with van der Waals surface area (Å²) in [5.74, 6) is 0. The van der Waals surface area contributed by atoms with E-state index in [1.54, 1.807) is 14.5 Å². The molecule has 4 heavy (non-hydrogen) atoms. The fourth-order valence-corrected chi connectivity index (χ4v) is 0. The minimum absolute atomic E-state index is 0. The molecule has 0 unspecified atom stereocenters. The van der Waals surface area contributed by atoms with Gasteiger partial charge in [-0.15, -0.1) is 0 Å². The predicted molar refractivity (Wildman–Crippen MR) is 17.3 cm³/mol. The summed E-state index contributed by atoms with van der Waals surface area (Å²) in [5, 5.41) is 0. The van der Waals surface area contributed by atoms with Gasteiger partial charge in [0.15, 0.2) is 0 Å². The summed E-state index contributed by atoms with van der Waals surface area (Å²) in [7, 11) is 0. The van der Waals surface area contributed by atoms with E-state index in [0.29, 0.717) is 0 Å². The second-order valence-electron chi connectivity index (χ2n) is 0. The average Bonchev–Trinajstić information content (AvgIpc) is 1.00. The van der Waals surface area contributed by atoms with E-state index in [4.69, 9.17) is 0 Å². The zero-order chi connectivity index (χ0) is 2.00. The van der Waals surface area contributed by atoms with Crippen molar-refractivity contribution in [3.05, 3.63) is 0 Å². The maximum absolute atomic E-state index is 2.01. The zero-order valence-electron chi connectivity index (χ0n) is 1.86. The van der Waals surface area contributed by atoms with Gasteiger partial charge in [-0.3, -0.25) is 0 Å². The van der Waals surface area contributed by atoms with Crippen LogP contribution in [0.3, 0.4) is 0 Å². The maximum atomic E-state index is 2.01. The fraction of sp³-hybridized carbons (Fsp3) is 0. The van der Waals surface area contributed by atoms with Gasteiger partial charge in [-0.05, 0) is 0 Å². The van der Waals surface area contributed by atoms with Crippen LogP contribution < -0.4 is 0 Å². The molecule has 0 amide bonds. The molecule has 0 nitrogen and oxygen atoms in total. The van der Waals surface area contributed by atoms with Gasteiger partial charge in [0.1, 0.15) is 0 Å². The minimum Gasteiger partial charge on any atom is 0 e. The Morgan fingerprint density at radius 2 is 1.25 bits per heavy atom. The molecule has 0 heterocycles. The second kappa shape index (κ2) is 16.6. The molecule has 0 aromatic carbocycles. The largest absolute Gasteiger partial charge is 0 e. The molecular formula is AgGaInTe. The molecule has 0 bridgehead atoms. The van der Waals surface area contributed by atoms with Crippen molar-refractivity contribution >= 4 is 59.2 Å². The first-order valence-corrected chi connectivity index (χ1v) is 8.22. The van der Waals surface area contributed by atoms with Crippen molar-refractivity contribution in [1.29, 1.82) is 0 Å². The Kier molecular flexibility index (Phi) is 65.3. The van der Waals surface area contributed by atoms with E-state index in [0.717, 1.165) is 0 Å². The van der Waals surface area contributed by atoms with Gasteiger partial charge in [-0.2, -0.15) is 0 Å². The van der Waals surface area contributed by atoms with Crippen molar-refractivity contribution < 1.29 is 22.4 Å². The Balaban J connectivity index is -0.00000000500. The molecule has 0 atom stereocenters. The van der Waals surface area contributed by atoms with Crippen molar-refractivity contribution in [1.82, 2.24) is 0 Å². The Morgan fingerprint density at radius 1 is 1.25 bits per heavy atom. The summed E-state index contributed by atoms with van der Waals surface area (Å²) in [6.07, 6.45) is 0. The Morgan fingerprint density at radius 3 is 1.25 bits per heavy atom. The molecule has 23 valence electrons. The third-order valence-corrected chi connectivity index (χ3v) is 0. The van der Waals surface area contributed by atoms with E-state index >= 15 is 0 Å². The first-order chi connectivity index (χ1) is 1.00. The van der Waals surface area contributed by atoms with E-state index in [2.05, 4.69) is 0 Å². The molecular weight excluding hydrogens is 420 g/mol. The smallest absolute Gasteiger partial charge is 0 e. The molecule has 0 fully saturated rings. The van der Waals surface area contributed by atoms with Crippen LogP contribution in [0.1, 0.15) is 0 Å². The van der Waals surface area contributed by atoms with Gasteiger partial charge in [-0.1, -0.05) is 0 Å². The molecule has 0 aliphatic heterocycles. The van der Waals surface area contributed by atoms with Gasteiger partial charge in [0.05, 0.1) is 0 Å². The summed E-state index contributed by atoms with van der Waals surface area (Å²) in [6, 6.07) is 0. The molecule has 0 rings (SSSR count). The first kappa shape index (κ1) is 15.7. The Labute approximate surface area is 79.8 Å². The van der Waals surface area contributed by atoms with Crippen LogP contribution in [0.2, 0.25) is 0 Å². The molecule has 5 radical (unpaired) electrons. The van der Waals surface area contributed by atoms with E-state index in [-0.39, 0.29) is 48.2 Å². The molecule has 4 heteroatoms. The van der Waals surface area contributed by atoms with Gasteiger partial charge in [-0.25, -0.2) is 0 Å². The van der Waals surface area contributed by atoms with Crippen molar-refractivity contribution in [3.8, 4) is 0 Å². The van der Waals surface area contributed by atoms with Crippen LogP contribution in [0, 0.1) is 0 Å². The number of hydrogen-bond donors (Lipinski definition) is 0. The van der Waals surface area contributed by atoms with Crippen LogP contribution in [0.5, 0.6) is 0 Å². The Bertz CT molecular complexity index is 8.00. The summed E-state index contributed by atoms with van der Waals surface area (Å²) >= 11 is 3.71. The third-order valence-electron chi connectivity index (χ3n) is 0. The third kappa shape index (κ3) is 8.90. The van der Waals surface area contributed by atoms with Gasteiger partial charge in [0, 0.05) is 48.2 Å². The van der Waals surface area contributed by atoms with Gasteiger partial charge in [0.2, 0.25) is 0 Å². The van der Waals surface area contributed by atoms with E-state index < -0.39 is 0 Å². The van der Waals surface area contributed by atoms with Crippen LogP contribution in [-0.2, 0) is 22.4 Å².